The molecule has 0 spiro atoms. The van der Waals surface area contributed by atoms with E-state index >= 15 is 0 Å². The zero-order chi connectivity index (χ0) is 12.1. The van der Waals surface area contributed by atoms with Crippen LogP contribution in [0.25, 0.3) is 0 Å². The van der Waals surface area contributed by atoms with Crippen molar-refractivity contribution in [2.75, 3.05) is 20.3 Å². The van der Waals surface area contributed by atoms with Crippen LogP contribution in [0.2, 0.25) is 0 Å². The third-order valence-corrected chi connectivity index (χ3v) is 2.34. The largest absolute Gasteiger partial charge is 0.444 e. The lowest BCUT2D eigenvalue weighted by molar-refractivity contribution is 0.0602. The summed E-state index contributed by atoms with van der Waals surface area (Å²) in [4.78, 5) is 11.6. The summed E-state index contributed by atoms with van der Waals surface area (Å²) >= 11 is 3.14. The molecule has 90 valence electrons. The molecule has 1 rings (SSSR count). The van der Waals surface area contributed by atoms with Gasteiger partial charge in [0.25, 0.3) is 5.91 Å². The van der Waals surface area contributed by atoms with E-state index in [2.05, 4.69) is 21.2 Å². The van der Waals surface area contributed by atoms with Crippen LogP contribution in [0.3, 0.4) is 0 Å². The first-order valence-electron chi connectivity index (χ1n) is 4.75. The molecule has 1 aromatic rings. The van der Waals surface area contributed by atoms with Gasteiger partial charge >= 0.3 is 0 Å². The highest BCUT2D eigenvalue weighted by molar-refractivity contribution is 9.10. The predicted octanol–water partition coefficient (Wildman–Crippen LogP) is 1.09. The van der Waals surface area contributed by atoms with Crippen LogP contribution >= 0.6 is 15.9 Å². The highest BCUT2D eigenvalue weighted by Gasteiger charge is 2.15. The lowest BCUT2D eigenvalue weighted by Gasteiger charge is -2.09. The van der Waals surface area contributed by atoms with Crippen LogP contribution in [0, 0.1) is 6.92 Å². The van der Waals surface area contributed by atoms with E-state index < -0.39 is 6.10 Å². The summed E-state index contributed by atoms with van der Waals surface area (Å²) in [5, 5.41) is 11.9. The van der Waals surface area contributed by atoms with E-state index in [1.165, 1.54) is 7.11 Å². The van der Waals surface area contributed by atoms with Crippen LogP contribution in [0.5, 0.6) is 0 Å². The molecular formula is C10H14BrNO4. The zero-order valence-electron chi connectivity index (χ0n) is 9.12. The third kappa shape index (κ3) is 3.62. The minimum absolute atomic E-state index is 0.129. The molecule has 16 heavy (non-hydrogen) atoms. The summed E-state index contributed by atoms with van der Waals surface area (Å²) in [6.07, 6.45) is -0.715. The number of hydrogen-bond acceptors (Lipinski definition) is 4. The molecule has 0 bridgehead atoms. The molecule has 0 aliphatic heterocycles. The van der Waals surface area contributed by atoms with Gasteiger partial charge in [-0.1, -0.05) is 0 Å². The minimum atomic E-state index is -0.715. The van der Waals surface area contributed by atoms with Gasteiger partial charge in [0.05, 0.1) is 12.7 Å². The molecule has 0 saturated heterocycles. The van der Waals surface area contributed by atoms with Crippen molar-refractivity contribution in [1.29, 1.82) is 0 Å². The van der Waals surface area contributed by atoms with Gasteiger partial charge in [0.15, 0.2) is 10.4 Å². The third-order valence-electron chi connectivity index (χ3n) is 1.95. The van der Waals surface area contributed by atoms with Gasteiger partial charge in [-0.15, -0.1) is 0 Å². The summed E-state index contributed by atoms with van der Waals surface area (Å²) in [6.45, 7) is 2.08. The van der Waals surface area contributed by atoms with E-state index in [1.807, 2.05) is 0 Å². The number of halogens is 1. The van der Waals surface area contributed by atoms with Gasteiger partial charge < -0.3 is 19.6 Å². The number of furan rings is 1. The standard InChI is InChI=1S/C10H14BrNO4/c1-6-3-8(11)16-9(6)10(14)12-4-7(13)5-15-2/h3,7,13H,4-5H2,1-2H3,(H,12,14). The maximum absolute atomic E-state index is 11.6. The molecule has 0 saturated carbocycles. The van der Waals surface area contributed by atoms with Crippen molar-refractivity contribution < 1.29 is 19.1 Å². The van der Waals surface area contributed by atoms with E-state index in [9.17, 15) is 9.90 Å². The van der Waals surface area contributed by atoms with Gasteiger partial charge in [-0.3, -0.25) is 4.79 Å². The quantitative estimate of drug-likeness (QED) is 0.852. The Bertz CT molecular complexity index is 364. The Morgan fingerprint density at radius 3 is 2.94 bits per heavy atom. The van der Waals surface area contributed by atoms with Crippen molar-refractivity contribution in [3.63, 3.8) is 0 Å². The van der Waals surface area contributed by atoms with Crippen LogP contribution in [0.4, 0.5) is 0 Å². The Morgan fingerprint density at radius 1 is 1.75 bits per heavy atom. The molecule has 1 unspecified atom stereocenters. The summed E-state index contributed by atoms with van der Waals surface area (Å²) < 4.78 is 10.4. The second-order valence-corrected chi connectivity index (χ2v) is 4.16. The minimum Gasteiger partial charge on any atom is -0.444 e. The number of ether oxygens (including phenoxy) is 1. The normalized spacial score (nSPS) is 12.5. The maximum atomic E-state index is 11.6. The predicted molar refractivity (Wildman–Crippen MR) is 61.4 cm³/mol. The van der Waals surface area contributed by atoms with Gasteiger partial charge in [-0.2, -0.15) is 0 Å². The first-order chi connectivity index (χ1) is 7.54. The van der Waals surface area contributed by atoms with Crippen LogP contribution in [0.15, 0.2) is 15.2 Å². The van der Waals surface area contributed by atoms with Gasteiger partial charge in [0, 0.05) is 19.2 Å². The monoisotopic (exact) mass is 291 g/mol. The molecule has 1 aromatic heterocycles. The number of hydrogen-bond donors (Lipinski definition) is 2. The van der Waals surface area contributed by atoms with Crippen molar-refractivity contribution in [1.82, 2.24) is 5.32 Å². The molecule has 6 heteroatoms. The Balaban J connectivity index is 2.50. The number of rotatable bonds is 5. The highest BCUT2D eigenvalue weighted by Crippen LogP contribution is 2.19. The van der Waals surface area contributed by atoms with Crippen molar-refractivity contribution in [3.8, 4) is 0 Å². The molecule has 0 aromatic carbocycles. The number of carbonyl (C=O) groups excluding carboxylic acids is 1. The topological polar surface area (TPSA) is 71.7 Å². The average Bonchev–Trinajstić information content (AvgIpc) is 2.55. The lowest BCUT2D eigenvalue weighted by Crippen LogP contribution is -2.34. The molecule has 1 heterocycles. The zero-order valence-corrected chi connectivity index (χ0v) is 10.7. The van der Waals surface area contributed by atoms with Crippen molar-refractivity contribution in [3.05, 3.63) is 22.1 Å². The van der Waals surface area contributed by atoms with Crippen LogP contribution in [-0.4, -0.2) is 37.4 Å². The number of aliphatic hydroxyl groups is 1. The Hall–Kier alpha value is -0.850. The van der Waals surface area contributed by atoms with Crippen LogP contribution < -0.4 is 5.32 Å². The summed E-state index contributed by atoms with van der Waals surface area (Å²) in [6, 6.07) is 1.71. The van der Waals surface area contributed by atoms with Crippen LogP contribution in [0.1, 0.15) is 16.1 Å². The van der Waals surface area contributed by atoms with Gasteiger partial charge in [-0.25, -0.2) is 0 Å². The Morgan fingerprint density at radius 2 is 2.44 bits per heavy atom. The SMILES string of the molecule is COCC(O)CNC(=O)c1oc(Br)cc1C. The average molecular weight is 292 g/mol. The number of methoxy groups -OCH3 is 1. The van der Waals surface area contributed by atoms with E-state index in [-0.39, 0.29) is 24.8 Å². The molecule has 0 fully saturated rings. The van der Waals surface area contributed by atoms with E-state index in [0.717, 1.165) is 5.56 Å². The van der Waals surface area contributed by atoms with Crippen molar-refractivity contribution in [2.45, 2.75) is 13.0 Å². The smallest absolute Gasteiger partial charge is 0.287 e. The second kappa shape index (κ2) is 6.03. The molecule has 1 atom stereocenters. The van der Waals surface area contributed by atoms with Gasteiger partial charge in [0.2, 0.25) is 0 Å². The Labute approximate surface area is 102 Å². The molecule has 5 nitrogen and oxygen atoms in total. The van der Waals surface area contributed by atoms with Crippen molar-refractivity contribution >= 4 is 21.8 Å². The number of aryl methyl sites for hydroxylation is 1. The van der Waals surface area contributed by atoms with Gasteiger partial charge in [0.1, 0.15) is 0 Å². The van der Waals surface area contributed by atoms with E-state index in [4.69, 9.17) is 9.15 Å². The van der Waals surface area contributed by atoms with Crippen molar-refractivity contribution in [2.24, 2.45) is 0 Å². The highest BCUT2D eigenvalue weighted by atomic mass is 79.9. The number of aliphatic hydroxyl groups excluding tert-OH is 1. The first-order valence-corrected chi connectivity index (χ1v) is 5.55. The van der Waals surface area contributed by atoms with E-state index in [0.29, 0.717) is 4.67 Å². The molecule has 0 aliphatic carbocycles. The maximum Gasteiger partial charge on any atom is 0.287 e. The summed E-state index contributed by atoms with van der Waals surface area (Å²) in [5.41, 5.74) is 0.741. The molecule has 0 radical (unpaired) electrons. The summed E-state index contributed by atoms with van der Waals surface area (Å²) in [7, 11) is 1.48. The summed E-state index contributed by atoms with van der Waals surface area (Å²) in [5.74, 6) is -0.102. The van der Waals surface area contributed by atoms with E-state index in [1.54, 1.807) is 13.0 Å². The molecule has 1 amide bonds. The number of nitrogens with one attached hydrogen (secondary N) is 1. The Kier molecular flexibility index (Phi) is 4.98. The fraction of sp³-hybridized carbons (Fsp3) is 0.500. The fourth-order valence-corrected chi connectivity index (χ4v) is 1.72. The molecular weight excluding hydrogens is 278 g/mol. The number of amides is 1. The van der Waals surface area contributed by atoms with Crippen LogP contribution in [-0.2, 0) is 4.74 Å². The molecule has 2 N–H and O–H groups in total. The molecule has 0 aliphatic rings. The number of carbonyl (C=O) groups is 1. The first kappa shape index (κ1) is 13.2. The fourth-order valence-electron chi connectivity index (χ4n) is 1.21. The van der Waals surface area contributed by atoms with Gasteiger partial charge in [-0.05, 0) is 28.9 Å². The second-order valence-electron chi connectivity index (χ2n) is 3.38. The lowest BCUT2D eigenvalue weighted by atomic mass is 10.2.